The molecule has 0 aliphatic carbocycles. The molecule has 0 radical (unpaired) electrons. The Morgan fingerprint density at radius 2 is 1.87 bits per heavy atom. The van der Waals surface area contributed by atoms with Crippen molar-refractivity contribution in [2.24, 2.45) is 0 Å². The molecular weight excluding hydrogens is 424 g/mol. The van der Waals surface area contributed by atoms with Gasteiger partial charge in [-0.1, -0.05) is 6.07 Å². The lowest BCUT2D eigenvalue weighted by Gasteiger charge is -2.34. The first-order valence-electron chi connectivity index (χ1n) is 9.97. The van der Waals surface area contributed by atoms with Crippen molar-refractivity contribution in [1.82, 2.24) is 10.5 Å². The van der Waals surface area contributed by atoms with Crippen LogP contribution in [0.3, 0.4) is 0 Å². The van der Waals surface area contributed by atoms with Gasteiger partial charge in [-0.25, -0.2) is 13.9 Å². The number of carbonyl (C=O) groups is 1. The van der Waals surface area contributed by atoms with Crippen molar-refractivity contribution in [2.75, 3.05) is 26.4 Å². The Hall–Kier alpha value is -2.53. The van der Waals surface area contributed by atoms with E-state index >= 15 is 0 Å². The maximum Gasteiger partial charge on any atom is 0.265 e. The molecule has 0 spiro atoms. The summed E-state index contributed by atoms with van der Waals surface area (Å²) in [6, 6.07) is 11.5. The van der Waals surface area contributed by atoms with Gasteiger partial charge in [-0.05, 0) is 49.2 Å². The molecule has 1 aliphatic heterocycles. The first-order chi connectivity index (χ1) is 15.0. The first kappa shape index (κ1) is 23.1. The molecule has 9 nitrogen and oxygen atoms in total. The second-order valence-corrected chi connectivity index (χ2v) is 9.36. The Bertz CT molecular complexity index is 943. The smallest absolute Gasteiger partial charge is 0.265 e. The fourth-order valence-corrected chi connectivity index (χ4v) is 5.31. The standard InChI is InChI=1S/C21H26N2O7S/c24-20(23-25)21(9-14-28-15-10-21)31(26,27)19-7-5-18(6-8-19)30-13-3-12-29-16-17-4-1-2-11-22-17/h1-2,4-8,11,25H,3,9-10,12-16H2,(H,23,24). The van der Waals surface area contributed by atoms with Gasteiger partial charge in [0.25, 0.3) is 5.91 Å². The molecular formula is C21H26N2O7S. The molecule has 0 bridgehead atoms. The van der Waals surface area contributed by atoms with Crippen molar-refractivity contribution in [1.29, 1.82) is 0 Å². The Morgan fingerprint density at radius 1 is 1.13 bits per heavy atom. The zero-order chi connectivity index (χ0) is 22.2. The minimum Gasteiger partial charge on any atom is -0.494 e. The number of ether oxygens (including phenoxy) is 3. The van der Waals surface area contributed by atoms with Gasteiger partial charge in [-0.3, -0.25) is 15.0 Å². The number of sulfone groups is 1. The summed E-state index contributed by atoms with van der Waals surface area (Å²) in [7, 11) is -4.04. The average Bonchev–Trinajstić information content (AvgIpc) is 2.82. The van der Waals surface area contributed by atoms with Crippen LogP contribution in [-0.4, -0.2) is 55.7 Å². The summed E-state index contributed by atoms with van der Waals surface area (Å²) in [6.45, 7) is 1.58. The van der Waals surface area contributed by atoms with Gasteiger partial charge in [-0.15, -0.1) is 0 Å². The van der Waals surface area contributed by atoms with E-state index in [2.05, 4.69) is 4.98 Å². The van der Waals surface area contributed by atoms with Crippen molar-refractivity contribution < 1.29 is 32.6 Å². The summed E-state index contributed by atoms with van der Waals surface area (Å²) in [4.78, 5) is 16.4. The predicted octanol–water partition coefficient (Wildman–Crippen LogP) is 1.90. The highest BCUT2D eigenvalue weighted by molar-refractivity contribution is 7.93. The monoisotopic (exact) mass is 450 g/mol. The third-order valence-corrected chi connectivity index (χ3v) is 7.66. The van der Waals surface area contributed by atoms with Crippen molar-refractivity contribution in [3.05, 3.63) is 54.4 Å². The number of hydrogen-bond acceptors (Lipinski definition) is 8. The van der Waals surface area contributed by atoms with Crippen LogP contribution < -0.4 is 10.2 Å². The van der Waals surface area contributed by atoms with Crippen molar-refractivity contribution in [3.8, 4) is 5.75 Å². The van der Waals surface area contributed by atoms with Crippen LogP contribution in [0.1, 0.15) is 25.0 Å². The van der Waals surface area contributed by atoms with E-state index in [-0.39, 0.29) is 31.0 Å². The zero-order valence-electron chi connectivity index (χ0n) is 17.0. The number of carbonyl (C=O) groups excluding carboxylic acids is 1. The maximum atomic E-state index is 13.2. The van der Waals surface area contributed by atoms with E-state index in [4.69, 9.17) is 19.4 Å². The number of amides is 1. The normalized spacial score (nSPS) is 15.9. The van der Waals surface area contributed by atoms with Gasteiger partial charge < -0.3 is 14.2 Å². The van der Waals surface area contributed by atoms with Crippen LogP contribution in [0.25, 0.3) is 0 Å². The molecule has 1 aromatic carbocycles. The molecule has 1 saturated heterocycles. The van der Waals surface area contributed by atoms with E-state index in [0.717, 1.165) is 5.69 Å². The summed E-state index contributed by atoms with van der Waals surface area (Å²) in [5.74, 6) is -0.432. The quantitative estimate of drug-likeness (QED) is 0.320. The number of nitrogens with zero attached hydrogens (tertiary/aromatic N) is 1. The molecule has 0 atom stereocenters. The number of pyridine rings is 1. The molecule has 0 unspecified atom stereocenters. The van der Waals surface area contributed by atoms with E-state index < -0.39 is 20.5 Å². The van der Waals surface area contributed by atoms with Crippen molar-refractivity contribution in [3.63, 3.8) is 0 Å². The minimum atomic E-state index is -4.04. The van der Waals surface area contributed by atoms with Crippen LogP contribution in [0.5, 0.6) is 5.75 Å². The molecule has 3 rings (SSSR count). The van der Waals surface area contributed by atoms with E-state index in [1.54, 1.807) is 18.3 Å². The third kappa shape index (κ3) is 5.40. The lowest BCUT2D eigenvalue weighted by Crippen LogP contribution is -2.54. The maximum absolute atomic E-state index is 13.2. The highest BCUT2D eigenvalue weighted by atomic mass is 32.2. The van der Waals surface area contributed by atoms with Crippen LogP contribution in [0.4, 0.5) is 0 Å². The highest BCUT2D eigenvalue weighted by Gasteiger charge is 2.52. The predicted molar refractivity (Wildman–Crippen MR) is 110 cm³/mol. The summed E-state index contributed by atoms with van der Waals surface area (Å²) >= 11 is 0. The molecule has 31 heavy (non-hydrogen) atoms. The van der Waals surface area contributed by atoms with Crippen LogP contribution in [-0.2, 0) is 30.7 Å². The highest BCUT2D eigenvalue weighted by Crippen LogP contribution is 2.35. The molecule has 2 N–H and O–H groups in total. The van der Waals surface area contributed by atoms with Crippen LogP contribution in [0.2, 0.25) is 0 Å². The number of hydrogen-bond donors (Lipinski definition) is 2. The Kier molecular flexibility index (Phi) is 7.97. The fourth-order valence-electron chi connectivity index (χ4n) is 3.37. The second kappa shape index (κ2) is 10.7. The topological polar surface area (TPSA) is 124 Å². The summed E-state index contributed by atoms with van der Waals surface area (Å²) in [5.41, 5.74) is 2.36. The van der Waals surface area contributed by atoms with E-state index in [9.17, 15) is 13.2 Å². The molecule has 1 amide bonds. The number of rotatable bonds is 10. The third-order valence-electron chi connectivity index (χ3n) is 5.14. The van der Waals surface area contributed by atoms with Gasteiger partial charge in [-0.2, -0.15) is 0 Å². The van der Waals surface area contributed by atoms with E-state index in [1.165, 1.54) is 17.6 Å². The van der Waals surface area contributed by atoms with Crippen molar-refractivity contribution >= 4 is 15.7 Å². The van der Waals surface area contributed by atoms with Gasteiger partial charge >= 0.3 is 0 Å². The Balaban J connectivity index is 1.53. The van der Waals surface area contributed by atoms with E-state index in [0.29, 0.717) is 32.0 Å². The number of aromatic nitrogens is 1. The largest absolute Gasteiger partial charge is 0.494 e. The van der Waals surface area contributed by atoms with Gasteiger partial charge in [0.1, 0.15) is 5.75 Å². The number of benzene rings is 1. The molecule has 1 aromatic heterocycles. The Morgan fingerprint density at radius 3 is 2.52 bits per heavy atom. The summed E-state index contributed by atoms with van der Waals surface area (Å²) in [6.07, 6.45) is 2.31. The van der Waals surface area contributed by atoms with Gasteiger partial charge in [0, 0.05) is 25.8 Å². The van der Waals surface area contributed by atoms with Gasteiger partial charge in [0.2, 0.25) is 0 Å². The fraction of sp³-hybridized carbons (Fsp3) is 0.429. The number of hydroxylamine groups is 1. The lowest BCUT2D eigenvalue weighted by atomic mass is 9.98. The van der Waals surface area contributed by atoms with Crippen LogP contribution >= 0.6 is 0 Å². The van der Waals surface area contributed by atoms with Gasteiger partial charge in [0.05, 0.1) is 30.4 Å². The minimum absolute atomic E-state index is 0.0101. The Labute approximate surface area is 181 Å². The molecule has 2 aromatic rings. The SMILES string of the molecule is O=C(NO)C1(S(=O)(=O)c2ccc(OCCCOCc3ccccn3)cc2)CCOCC1. The molecule has 1 aliphatic rings. The average molecular weight is 451 g/mol. The number of nitrogens with one attached hydrogen (secondary N) is 1. The second-order valence-electron chi connectivity index (χ2n) is 7.10. The van der Waals surface area contributed by atoms with Crippen molar-refractivity contribution in [2.45, 2.75) is 35.5 Å². The lowest BCUT2D eigenvalue weighted by molar-refractivity contribution is -0.134. The van der Waals surface area contributed by atoms with Crippen LogP contribution in [0, 0.1) is 0 Å². The van der Waals surface area contributed by atoms with Crippen LogP contribution in [0.15, 0.2) is 53.6 Å². The van der Waals surface area contributed by atoms with E-state index in [1.807, 2.05) is 18.2 Å². The molecule has 168 valence electrons. The van der Waals surface area contributed by atoms with Gasteiger partial charge in [0.15, 0.2) is 14.6 Å². The molecule has 1 fully saturated rings. The summed E-state index contributed by atoms with van der Waals surface area (Å²) in [5, 5.41) is 9.09. The first-order valence-corrected chi connectivity index (χ1v) is 11.5. The zero-order valence-corrected chi connectivity index (χ0v) is 17.8. The molecule has 10 heteroatoms. The molecule has 0 saturated carbocycles. The molecule has 2 heterocycles. The summed E-state index contributed by atoms with van der Waals surface area (Å²) < 4.78 is 41.0.